The third kappa shape index (κ3) is 2.16. The molecule has 1 aliphatic heterocycles. The number of sulfone groups is 1. The number of rotatable bonds is 2. The molecule has 0 aliphatic carbocycles. The fraction of sp³-hybridized carbons (Fsp3) is 0.400. The minimum atomic E-state index is -3.69. The summed E-state index contributed by atoms with van der Waals surface area (Å²) in [5, 5.41) is 9.18. The molecule has 0 saturated carbocycles. The van der Waals surface area contributed by atoms with Gasteiger partial charge in [-0.25, -0.2) is 8.42 Å². The van der Waals surface area contributed by atoms with Crippen molar-refractivity contribution in [1.29, 1.82) is 0 Å². The number of aliphatic imine (C=N–C) groups is 1. The van der Waals surface area contributed by atoms with Gasteiger partial charge in [-0.1, -0.05) is 26.8 Å². The van der Waals surface area contributed by atoms with E-state index < -0.39 is 9.84 Å². The fourth-order valence-electron chi connectivity index (χ4n) is 2.16. The molecule has 20 heavy (non-hydrogen) atoms. The molecule has 0 saturated heterocycles. The number of aliphatic hydroxyl groups is 1. The maximum absolute atomic E-state index is 12.5. The van der Waals surface area contributed by atoms with Crippen molar-refractivity contribution in [2.45, 2.75) is 44.4 Å². The van der Waals surface area contributed by atoms with Crippen LogP contribution in [0.2, 0.25) is 0 Å². The summed E-state index contributed by atoms with van der Waals surface area (Å²) in [6, 6.07) is 5.33. The normalized spacial score (nSPS) is 19.6. The Labute approximate surface area is 119 Å². The standard InChI is InChI=1S/C15H19NO3S/c1-5-15(3,4)11-6-7-12-13(8-11)20(18,19)14(9-17)10(2)16-12/h6-9,17H,5H2,1-4H3/b14-9+. The number of benzene rings is 1. The number of hydrogen-bond acceptors (Lipinski definition) is 4. The Bertz CT molecular complexity index is 713. The van der Waals surface area contributed by atoms with E-state index >= 15 is 0 Å². The number of nitrogens with zero attached hydrogens (tertiary/aromatic N) is 1. The van der Waals surface area contributed by atoms with Gasteiger partial charge in [0.25, 0.3) is 0 Å². The van der Waals surface area contributed by atoms with Gasteiger partial charge in [0.05, 0.1) is 16.3 Å². The third-order valence-corrected chi connectivity index (χ3v) is 5.85. The zero-order chi connectivity index (χ0) is 15.1. The van der Waals surface area contributed by atoms with Crippen LogP contribution in [0, 0.1) is 0 Å². The molecule has 4 nitrogen and oxygen atoms in total. The van der Waals surface area contributed by atoms with Gasteiger partial charge in [-0.05, 0) is 36.5 Å². The van der Waals surface area contributed by atoms with Gasteiger partial charge in [0.1, 0.15) is 11.2 Å². The number of hydrogen-bond donors (Lipinski definition) is 1. The lowest BCUT2D eigenvalue weighted by Crippen LogP contribution is -2.19. The van der Waals surface area contributed by atoms with Gasteiger partial charge in [-0.3, -0.25) is 4.99 Å². The first-order chi connectivity index (χ1) is 9.24. The van der Waals surface area contributed by atoms with Crippen LogP contribution >= 0.6 is 0 Å². The van der Waals surface area contributed by atoms with Crippen molar-refractivity contribution < 1.29 is 13.5 Å². The van der Waals surface area contributed by atoms with Crippen molar-refractivity contribution in [3.05, 3.63) is 34.9 Å². The molecule has 1 aromatic carbocycles. The van der Waals surface area contributed by atoms with E-state index in [0.29, 0.717) is 17.7 Å². The zero-order valence-corrected chi connectivity index (χ0v) is 13.0. The summed E-state index contributed by atoms with van der Waals surface area (Å²) in [5.74, 6) is 0. The molecule has 1 aromatic rings. The van der Waals surface area contributed by atoms with Crippen LogP contribution in [0.4, 0.5) is 5.69 Å². The summed E-state index contributed by atoms with van der Waals surface area (Å²) in [4.78, 5) is 4.29. The Morgan fingerprint density at radius 3 is 2.55 bits per heavy atom. The van der Waals surface area contributed by atoms with Crippen molar-refractivity contribution >= 4 is 21.2 Å². The monoisotopic (exact) mass is 293 g/mol. The minimum Gasteiger partial charge on any atom is -0.514 e. The SMILES string of the molecule is CCC(C)(C)c1ccc2c(c1)S(=O)(=O)/C(=C/O)C(C)=N2. The van der Waals surface area contributed by atoms with Crippen LogP contribution in [0.5, 0.6) is 0 Å². The Morgan fingerprint density at radius 1 is 1.35 bits per heavy atom. The zero-order valence-electron chi connectivity index (χ0n) is 12.1. The molecule has 1 heterocycles. The van der Waals surface area contributed by atoms with Gasteiger partial charge in [0.15, 0.2) is 0 Å². The highest BCUT2D eigenvalue weighted by Crippen LogP contribution is 2.38. The van der Waals surface area contributed by atoms with Crippen molar-refractivity contribution in [3.8, 4) is 0 Å². The second-order valence-corrected chi connectivity index (χ2v) is 7.50. The molecular formula is C15H19NO3S. The van der Waals surface area contributed by atoms with Crippen LogP contribution in [0.25, 0.3) is 0 Å². The van der Waals surface area contributed by atoms with Crippen molar-refractivity contribution in [3.63, 3.8) is 0 Å². The van der Waals surface area contributed by atoms with Crippen molar-refractivity contribution in [1.82, 2.24) is 0 Å². The topological polar surface area (TPSA) is 66.7 Å². The third-order valence-electron chi connectivity index (χ3n) is 3.97. The summed E-state index contributed by atoms with van der Waals surface area (Å²) >= 11 is 0. The van der Waals surface area contributed by atoms with Crippen molar-refractivity contribution in [2.75, 3.05) is 0 Å². The first-order valence-electron chi connectivity index (χ1n) is 6.53. The maximum atomic E-state index is 12.5. The highest BCUT2D eigenvalue weighted by atomic mass is 32.2. The van der Waals surface area contributed by atoms with E-state index in [1.54, 1.807) is 19.1 Å². The molecule has 0 radical (unpaired) electrons. The van der Waals surface area contributed by atoms with Crippen LogP contribution < -0.4 is 0 Å². The second kappa shape index (κ2) is 4.74. The van der Waals surface area contributed by atoms with Crippen LogP contribution in [-0.4, -0.2) is 19.2 Å². The number of fused-ring (bicyclic) bond motifs is 1. The van der Waals surface area contributed by atoms with Crippen LogP contribution in [-0.2, 0) is 15.3 Å². The molecule has 0 spiro atoms. The second-order valence-electron chi connectivity index (χ2n) is 5.61. The molecule has 1 aliphatic rings. The van der Waals surface area contributed by atoms with Gasteiger partial charge < -0.3 is 5.11 Å². The summed E-state index contributed by atoms with van der Waals surface area (Å²) in [7, 11) is -3.69. The molecule has 0 aromatic heterocycles. The van der Waals surface area contributed by atoms with E-state index in [1.807, 2.05) is 6.07 Å². The average molecular weight is 293 g/mol. The molecular weight excluding hydrogens is 274 g/mol. The Kier molecular flexibility index (Phi) is 3.50. The van der Waals surface area contributed by atoms with Crippen LogP contribution in [0.1, 0.15) is 39.7 Å². The average Bonchev–Trinajstić information content (AvgIpc) is 2.38. The smallest absolute Gasteiger partial charge is 0.213 e. The first-order valence-corrected chi connectivity index (χ1v) is 8.02. The van der Waals surface area contributed by atoms with E-state index in [2.05, 4.69) is 25.8 Å². The lowest BCUT2D eigenvalue weighted by molar-refractivity contribution is 0.472. The van der Waals surface area contributed by atoms with Crippen molar-refractivity contribution in [2.24, 2.45) is 4.99 Å². The first kappa shape index (κ1) is 14.8. The Balaban J connectivity index is 2.73. The summed E-state index contributed by atoms with van der Waals surface area (Å²) in [5.41, 5.74) is 1.59. The molecule has 1 N–H and O–H groups in total. The molecule has 0 atom stereocenters. The van der Waals surface area contributed by atoms with Crippen LogP contribution in [0.3, 0.4) is 0 Å². The van der Waals surface area contributed by atoms with Crippen LogP contribution in [0.15, 0.2) is 39.3 Å². The van der Waals surface area contributed by atoms with E-state index in [9.17, 15) is 13.5 Å². The maximum Gasteiger partial charge on any atom is 0.213 e. The minimum absolute atomic E-state index is 0.107. The lowest BCUT2D eigenvalue weighted by atomic mass is 9.82. The van der Waals surface area contributed by atoms with Gasteiger partial charge in [-0.15, -0.1) is 0 Å². The molecule has 108 valence electrons. The largest absolute Gasteiger partial charge is 0.514 e. The van der Waals surface area contributed by atoms with Gasteiger partial charge in [0.2, 0.25) is 9.84 Å². The molecule has 0 fully saturated rings. The number of allylic oxidation sites excluding steroid dienone is 1. The summed E-state index contributed by atoms with van der Waals surface area (Å²) < 4.78 is 25.0. The Morgan fingerprint density at radius 2 is 2.00 bits per heavy atom. The Hall–Kier alpha value is -1.62. The predicted molar refractivity (Wildman–Crippen MR) is 80.4 cm³/mol. The van der Waals surface area contributed by atoms with E-state index in [-0.39, 0.29) is 15.2 Å². The van der Waals surface area contributed by atoms with E-state index in [4.69, 9.17) is 0 Å². The van der Waals surface area contributed by atoms with E-state index in [1.165, 1.54) is 0 Å². The molecule has 0 unspecified atom stereocenters. The predicted octanol–water partition coefficient (Wildman–Crippen LogP) is 3.65. The lowest BCUT2D eigenvalue weighted by Gasteiger charge is -2.25. The van der Waals surface area contributed by atoms with E-state index in [0.717, 1.165) is 12.0 Å². The molecule has 0 bridgehead atoms. The van der Waals surface area contributed by atoms with Gasteiger partial charge in [-0.2, -0.15) is 0 Å². The quantitative estimate of drug-likeness (QED) is 0.846. The molecule has 0 amide bonds. The highest BCUT2D eigenvalue weighted by Gasteiger charge is 2.32. The van der Waals surface area contributed by atoms with Gasteiger partial charge in [0, 0.05) is 0 Å². The fourth-order valence-corrected chi connectivity index (χ4v) is 3.64. The summed E-state index contributed by atoms with van der Waals surface area (Å²) in [6.45, 7) is 7.78. The van der Waals surface area contributed by atoms with Gasteiger partial charge >= 0.3 is 0 Å². The summed E-state index contributed by atoms with van der Waals surface area (Å²) in [6.07, 6.45) is 1.52. The molecule has 2 rings (SSSR count). The molecule has 5 heteroatoms. The number of aliphatic hydroxyl groups excluding tert-OH is 1. The highest BCUT2D eigenvalue weighted by molar-refractivity contribution is 7.96.